The molecule has 0 aromatic carbocycles. The Morgan fingerprint density at radius 3 is 2.47 bits per heavy atom. The average molecular weight is 208 g/mol. The van der Waals surface area contributed by atoms with Gasteiger partial charge < -0.3 is 4.90 Å². The van der Waals surface area contributed by atoms with Crippen molar-refractivity contribution in [3.05, 3.63) is 0 Å². The van der Waals surface area contributed by atoms with Gasteiger partial charge in [-0.05, 0) is 27.7 Å². The van der Waals surface area contributed by atoms with E-state index in [1.807, 2.05) is 4.90 Å². The minimum absolute atomic E-state index is 0.0815. The van der Waals surface area contributed by atoms with Crippen LogP contribution in [0.2, 0.25) is 0 Å². The molecule has 1 amide bonds. The molecule has 0 N–H and O–H groups in total. The standard InChI is InChI=1S/C12H20N2O/c1-5-6-7-13-8-9-14(10-11(13)15)12(2,3)4/h7-10H2,1-4H3. The third-order valence-electron chi connectivity index (χ3n) is 2.71. The fraction of sp³-hybridized carbons (Fsp3) is 0.750. The summed E-state index contributed by atoms with van der Waals surface area (Å²) in [5.41, 5.74) is 0.0815. The largest absolute Gasteiger partial charge is 0.329 e. The molecule has 0 unspecified atom stereocenters. The molecule has 0 saturated carbocycles. The van der Waals surface area contributed by atoms with E-state index in [-0.39, 0.29) is 11.4 Å². The maximum absolute atomic E-state index is 11.8. The van der Waals surface area contributed by atoms with Crippen LogP contribution in [-0.2, 0) is 4.79 Å². The van der Waals surface area contributed by atoms with Crippen LogP contribution >= 0.6 is 0 Å². The van der Waals surface area contributed by atoms with Crippen LogP contribution in [0.5, 0.6) is 0 Å². The summed E-state index contributed by atoms with van der Waals surface area (Å²) in [6.45, 7) is 11.1. The minimum atomic E-state index is 0.0815. The number of carbonyl (C=O) groups is 1. The van der Waals surface area contributed by atoms with Gasteiger partial charge in [-0.2, -0.15) is 0 Å². The second kappa shape index (κ2) is 4.67. The zero-order chi connectivity index (χ0) is 11.5. The van der Waals surface area contributed by atoms with E-state index in [4.69, 9.17) is 0 Å². The van der Waals surface area contributed by atoms with Gasteiger partial charge in [0, 0.05) is 18.6 Å². The summed E-state index contributed by atoms with van der Waals surface area (Å²) in [7, 11) is 0. The summed E-state index contributed by atoms with van der Waals surface area (Å²) in [5, 5.41) is 0. The molecule has 1 heterocycles. The second-order valence-corrected chi connectivity index (χ2v) is 4.83. The zero-order valence-corrected chi connectivity index (χ0v) is 10.1. The van der Waals surface area contributed by atoms with Crippen molar-refractivity contribution in [3.63, 3.8) is 0 Å². The van der Waals surface area contributed by atoms with E-state index in [0.29, 0.717) is 13.1 Å². The predicted octanol–water partition coefficient (Wildman–Crippen LogP) is 0.952. The fourth-order valence-corrected chi connectivity index (χ4v) is 1.62. The van der Waals surface area contributed by atoms with Gasteiger partial charge >= 0.3 is 0 Å². The van der Waals surface area contributed by atoms with Gasteiger partial charge in [0.05, 0.1) is 13.1 Å². The van der Waals surface area contributed by atoms with Crippen LogP contribution in [-0.4, -0.2) is 47.4 Å². The van der Waals surface area contributed by atoms with Crippen molar-refractivity contribution in [2.45, 2.75) is 33.2 Å². The average Bonchev–Trinajstić information content (AvgIpc) is 2.14. The fourth-order valence-electron chi connectivity index (χ4n) is 1.62. The van der Waals surface area contributed by atoms with Crippen LogP contribution in [0.3, 0.4) is 0 Å². The number of nitrogens with zero attached hydrogens (tertiary/aromatic N) is 2. The van der Waals surface area contributed by atoms with Gasteiger partial charge in [0.2, 0.25) is 5.91 Å². The van der Waals surface area contributed by atoms with Gasteiger partial charge in [0.15, 0.2) is 0 Å². The number of hydrogen-bond donors (Lipinski definition) is 0. The topological polar surface area (TPSA) is 23.6 Å². The van der Waals surface area contributed by atoms with Crippen molar-refractivity contribution in [1.82, 2.24) is 9.80 Å². The van der Waals surface area contributed by atoms with E-state index < -0.39 is 0 Å². The van der Waals surface area contributed by atoms with Crippen molar-refractivity contribution in [3.8, 4) is 11.8 Å². The number of carbonyl (C=O) groups excluding carboxylic acids is 1. The smallest absolute Gasteiger partial charge is 0.237 e. The van der Waals surface area contributed by atoms with Crippen LogP contribution in [0.25, 0.3) is 0 Å². The molecule has 0 radical (unpaired) electrons. The lowest BCUT2D eigenvalue weighted by atomic mass is 10.0. The van der Waals surface area contributed by atoms with Gasteiger partial charge in [-0.1, -0.05) is 5.92 Å². The molecule has 0 aliphatic carbocycles. The molecule has 0 spiro atoms. The maximum Gasteiger partial charge on any atom is 0.237 e. The maximum atomic E-state index is 11.8. The Labute approximate surface area is 92.4 Å². The summed E-state index contributed by atoms with van der Waals surface area (Å²) in [4.78, 5) is 15.8. The molecule has 1 rings (SSSR count). The lowest BCUT2D eigenvalue weighted by Gasteiger charge is -2.41. The van der Waals surface area contributed by atoms with Crippen LogP contribution in [0.15, 0.2) is 0 Å². The van der Waals surface area contributed by atoms with Crippen molar-refractivity contribution in [2.75, 3.05) is 26.2 Å². The van der Waals surface area contributed by atoms with Gasteiger partial charge in [0.1, 0.15) is 0 Å². The Balaban J connectivity index is 2.54. The monoisotopic (exact) mass is 208 g/mol. The molecular formula is C12H20N2O. The highest BCUT2D eigenvalue weighted by Crippen LogP contribution is 2.16. The van der Waals surface area contributed by atoms with Crippen molar-refractivity contribution in [2.24, 2.45) is 0 Å². The molecule has 0 bridgehead atoms. The predicted molar refractivity (Wildman–Crippen MR) is 61.4 cm³/mol. The Morgan fingerprint density at radius 1 is 1.33 bits per heavy atom. The Morgan fingerprint density at radius 2 is 2.00 bits per heavy atom. The van der Waals surface area contributed by atoms with Crippen molar-refractivity contribution >= 4 is 5.91 Å². The third-order valence-corrected chi connectivity index (χ3v) is 2.71. The number of hydrogen-bond acceptors (Lipinski definition) is 2. The van der Waals surface area contributed by atoms with Crippen molar-refractivity contribution in [1.29, 1.82) is 0 Å². The highest BCUT2D eigenvalue weighted by atomic mass is 16.2. The summed E-state index contributed by atoms with van der Waals surface area (Å²) >= 11 is 0. The Hall–Kier alpha value is -1.01. The quantitative estimate of drug-likeness (QED) is 0.599. The van der Waals surface area contributed by atoms with Gasteiger partial charge in [-0.15, -0.1) is 5.92 Å². The first-order valence-electron chi connectivity index (χ1n) is 5.37. The molecule has 1 saturated heterocycles. The summed E-state index contributed by atoms with van der Waals surface area (Å²) in [6.07, 6.45) is 0. The molecule has 3 heteroatoms. The molecular weight excluding hydrogens is 188 g/mol. The second-order valence-electron chi connectivity index (χ2n) is 4.83. The number of piperazine rings is 1. The molecule has 0 aromatic heterocycles. The number of rotatable bonds is 1. The van der Waals surface area contributed by atoms with E-state index in [1.165, 1.54) is 0 Å². The van der Waals surface area contributed by atoms with E-state index in [0.717, 1.165) is 13.1 Å². The van der Waals surface area contributed by atoms with E-state index in [9.17, 15) is 4.79 Å². The van der Waals surface area contributed by atoms with Gasteiger partial charge in [-0.25, -0.2) is 0 Å². The normalized spacial score (nSPS) is 18.7. The van der Waals surface area contributed by atoms with Gasteiger partial charge in [0.25, 0.3) is 0 Å². The number of amides is 1. The van der Waals surface area contributed by atoms with Crippen LogP contribution in [0, 0.1) is 11.8 Å². The van der Waals surface area contributed by atoms with Crippen LogP contribution < -0.4 is 0 Å². The summed E-state index contributed by atoms with van der Waals surface area (Å²) in [5.74, 6) is 5.95. The zero-order valence-electron chi connectivity index (χ0n) is 10.1. The summed E-state index contributed by atoms with van der Waals surface area (Å²) in [6, 6.07) is 0. The first kappa shape index (κ1) is 12.1. The molecule has 1 aliphatic heterocycles. The molecule has 3 nitrogen and oxygen atoms in total. The highest BCUT2D eigenvalue weighted by Gasteiger charge is 2.29. The molecule has 1 aliphatic rings. The van der Waals surface area contributed by atoms with E-state index >= 15 is 0 Å². The lowest BCUT2D eigenvalue weighted by molar-refractivity contribution is -0.137. The first-order valence-corrected chi connectivity index (χ1v) is 5.37. The molecule has 0 aromatic rings. The van der Waals surface area contributed by atoms with E-state index in [1.54, 1.807) is 6.92 Å². The Bertz CT molecular complexity index is 293. The lowest BCUT2D eigenvalue weighted by Crippen LogP contribution is -2.56. The first-order chi connectivity index (χ1) is 6.95. The van der Waals surface area contributed by atoms with Crippen LogP contribution in [0.1, 0.15) is 27.7 Å². The van der Waals surface area contributed by atoms with Gasteiger partial charge in [-0.3, -0.25) is 9.69 Å². The summed E-state index contributed by atoms with van der Waals surface area (Å²) < 4.78 is 0. The van der Waals surface area contributed by atoms with E-state index in [2.05, 4.69) is 37.5 Å². The van der Waals surface area contributed by atoms with Crippen molar-refractivity contribution < 1.29 is 4.79 Å². The third kappa shape index (κ3) is 3.24. The highest BCUT2D eigenvalue weighted by molar-refractivity contribution is 5.79. The molecule has 1 fully saturated rings. The molecule has 15 heavy (non-hydrogen) atoms. The Kier molecular flexibility index (Phi) is 3.76. The van der Waals surface area contributed by atoms with Crippen LogP contribution in [0.4, 0.5) is 0 Å². The SMILES string of the molecule is CC#CCN1CCN(C(C)(C)C)CC1=O. The molecule has 84 valence electrons. The molecule has 0 atom stereocenters. The minimum Gasteiger partial charge on any atom is -0.329 e.